The van der Waals surface area contributed by atoms with E-state index in [0.717, 1.165) is 65.1 Å². The van der Waals surface area contributed by atoms with Crippen LogP contribution in [-0.2, 0) is 14.2 Å². The fourth-order valence-electron chi connectivity index (χ4n) is 12.2. The molecule has 9 bridgehead atoms. The van der Waals surface area contributed by atoms with Crippen molar-refractivity contribution in [2.75, 3.05) is 7.11 Å². The number of methoxy groups -OCH3 is 1. The molecule has 2 saturated heterocycles. The normalized spacial score (nSPS) is 82.1. The Bertz CT molecular complexity index is 693. The molecule has 24 heavy (non-hydrogen) atoms. The molecule has 0 aromatic heterocycles. The Morgan fingerprint density at radius 2 is 1.50 bits per heavy atom. The van der Waals surface area contributed by atoms with Crippen LogP contribution >= 0.6 is 0 Å². The topological polar surface area (TPSA) is 27.7 Å². The molecule has 0 radical (unpaired) electrons. The van der Waals surface area contributed by atoms with Gasteiger partial charge in [-0.25, -0.2) is 0 Å². The van der Waals surface area contributed by atoms with Crippen molar-refractivity contribution >= 4 is 0 Å². The molecule has 0 aromatic carbocycles. The van der Waals surface area contributed by atoms with Crippen LogP contribution in [0.25, 0.3) is 0 Å². The molecule has 1 spiro atoms. The maximum atomic E-state index is 7.02. The lowest BCUT2D eigenvalue weighted by Gasteiger charge is -2.60. The van der Waals surface area contributed by atoms with Crippen molar-refractivity contribution in [3.8, 4) is 0 Å². The van der Waals surface area contributed by atoms with Crippen LogP contribution in [0, 0.1) is 70.5 Å². The summed E-state index contributed by atoms with van der Waals surface area (Å²) >= 11 is 0. The maximum Gasteiger partial charge on any atom is 0.166 e. The Hall–Kier alpha value is -0.120. The first kappa shape index (κ1) is 12.3. The molecular formula is C21H26O3. The number of hydrogen-bond acceptors (Lipinski definition) is 3. The molecule has 3 heteroatoms. The molecule has 10 aliphatic rings. The van der Waals surface area contributed by atoms with Gasteiger partial charge in [-0.15, -0.1) is 0 Å². The van der Waals surface area contributed by atoms with E-state index in [4.69, 9.17) is 14.2 Å². The van der Waals surface area contributed by atoms with Crippen LogP contribution in [0.1, 0.15) is 25.7 Å². The Morgan fingerprint density at radius 1 is 0.708 bits per heavy atom. The van der Waals surface area contributed by atoms with Crippen molar-refractivity contribution in [1.82, 2.24) is 0 Å². The van der Waals surface area contributed by atoms with Crippen molar-refractivity contribution < 1.29 is 14.2 Å². The van der Waals surface area contributed by atoms with Gasteiger partial charge in [-0.3, -0.25) is 0 Å². The first-order valence-corrected chi connectivity index (χ1v) is 10.7. The second kappa shape index (κ2) is 3.27. The van der Waals surface area contributed by atoms with Crippen LogP contribution in [0.3, 0.4) is 0 Å². The van der Waals surface area contributed by atoms with E-state index in [9.17, 15) is 0 Å². The monoisotopic (exact) mass is 326 g/mol. The highest BCUT2D eigenvalue weighted by Crippen LogP contribution is 2.91. The first-order chi connectivity index (χ1) is 11.9. The summed E-state index contributed by atoms with van der Waals surface area (Å²) in [5.41, 5.74) is 0.247. The summed E-state index contributed by atoms with van der Waals surface area (Å²) in [5, 5.41) is 0. The van der Waals surface area contributed by atoms with Gasteiger partial charge in [0.25, 0.3) is 0 Å². The first-order valence-electron chi connectivity index (χ1n) is 10.7. The lowest BCUT2D eigenvalue weighted by atomic mass is 9.53. The Kier molecular flexibility index (Phi) is 1.68. The van der Waals surface area contributed by atoms with Gasteiger partial charge in [0, 0.05) is 7.11 Å². The average Bonchev–Trinajstić information content (AvgIpc) is 3.33. The van der Waals surface area contributed by atoms with E-state index >= 15 is 0 Å². The van der Waals surface area contributed by atoms with Crippen molar-refractivity contribution in [3.05, 3.63) is 0 Å². The van der Waals surface area contributed by atoms with E-state index in [1.165, 1.54) is 25.7 Å². The molecule has 128 valence electrons. The number of rotatable bonds is 1. The summed E-state index contributed by atoms with van der Waals surface area (Å²) in [6.45, 7) is 0. The fraction of sp³-hybridized carbons (Fsp3) is 1.00. The molecule has 8 aliphatic carbocycles. The Balaban J connectivity index is 1.41. The summed E-state index contributed by atoms with van der Waals surface area (Å²) in [4.78, 5) is 0. The largest absolute Gasteiger partial charge is 0.374 e. The molecular weight excluding hydrogens is 300 g/mol. The van der Waals surface area contributed by atoms with Gasteiger partial charge in [-0.1, -0.05) is 0 Å². The van der Waals surface area contributed by atoms with Gasteiger partial charge in [0.1, 0.15) is 0 Å². The zero-order valence-corrected chi connectivity index (χ0v) is 14.2. The van der Waals surface area contributed by atoms with Gasteiger partial charge in [0.2, 0.25) is 0 Å². The molecule has 2 heterocycles. The van der Waals surface area contributed by atoms with Gasteiger partial charge in [-0.2, -0.15) is 0 Å². The van der Waals surface area contributed by atoms with Crippen LogP contribution in [0.2, 0.25) is 0 Å². The van der Waals surface area contributed by atoms with Crippen LogP contribution < -0.4 is 0 Å². The highest BCUT2D eigenvalue weighted by Gasteiger charge is 2.92. The SMILES string of the molecule is CO[C@H]1O[C@H]2CC[C@@H]3[C@H]4[C@@H]5[C@H]6[C@@H]7[C@H]4[C@@H]4O[C@@H]8CC[C@H]([C@@H]78)[C@H]6[C@@]14[C@H]5[C@H]32. The van der Waals surface area contributed by atoms with Gasteiger partial charge in [0.15, 0.2) is 6.29 Å². The van der Waals surface area contributed by atoms with Crippen molar-refractivity contribution in [1.29, 1.82) is 0 Å². The third kappa shape index (κ3) is 0.820. The Labute approximate surface area is 142 Å². The highest BCUT2D eigenvalue weighted by molar-refractivity contribution is 5.38. The molecule has 8 saturated carbocycles. The quantitative estimate of drug-likeness (QED) is 0.741. The minimum absolute atomic E-state index is 0.0330. The molecule has 0 aromatic rings. The molecule has 0 unspecified atom stereocenters. The second-order valence-corrected chi connectivity index (χ2v) is 10.9. The van der Waals surface area contributed by atoms with E-state index in [1.54, 1.807) is 0 Å². The standard InChI is InChI=1S/C21H26O3/c1-22-20-21-17-7-3-5-8-10(7)13-15(17)14-12(16(13)19(21)23-8)6-2-4-9(24-20)11(6)18(14)21/h6-20H,2-5H2,1H3/t6-,7+,8+,9-,10+,11+,12-,13+,14+,15+,16-,17+,18-,19-,20-,21-/m0/s1. The van der Waals surface area contributed by atoms with E-state index in [-0.39, 0.29) is 11.7 Å². The molecule has 0 N–H and O–H groups in total. The number of hydrogen-bond donors (Lipinski definition) is 0. The summed E-state index contributed by atoms with van der Waals surface area (Å²) in [6, 6.07) is 0. The molecule has 2 aliphatic heterocycles. The lowest BCUT2D eigenvalue weighted by Crippen LogP contribution is -2.66. The molecule has 0 amide bonds. The maximum absolute atomic E-state index is 7.02. The van der Waals surface area contributed by atoms with Gasteiger partial charge in [-0.05, 0) is 90.8 Å². The van der Waals surface area contributed by atoms with E-state index in [0.29, 0.717) is 18.3 Å². The van der Waals surface area contributed by atoms with E-state index < -0.39 is 0 Å². The van der Waals surface area contributed by atoms with Crippen molar-refractivity contribution in [2.24, 2.45) is 70.5 Å². The lowest BCUT2D eigenvalue weighted by molar-refractivity contribution is -0.336. The minimum atomic E-state index is 0.0330. The van der Waals surface area contributed by atoms with Crippen molar-refractivity contribution in [3.63, 3.8) is 0 Å². The van der Waals surface area contributed by atoms with Gasteiger partial charge >= 0.3 is 0 Å². The highest BCUT2D eigenvalue weighted by atomic mass is 16.7. The Morgan fingerprint density at radius 3 is 2.38 bits per heavy atom. The molecule has 10 rings (SSSR count). The van der Waals surface area contributed by atoms with Crippen molar-refractivity contribution in [2.45, 2.75) is 50.3 Å². The smallest absolute Gasteiger partial charge is 0.166 e. The van der Waals surface area contributed by atoms with Crippen LogP contribution in [0.15, 0.2) is 0 Å². The third-order valence-electron chi connectivity index (χ3n) is 11.5. The van der Waals surface area contributed by atoms with E-state index in [1.807, 2.05) is 7.11 Å². The average molecular weight is 326 g/mol. The second-order valence-electron chi connectivity index (χ2n) is 10.9. The summed E-state index contributed by atoms with van der Waals surface area (Å²) in [6.07, 6.45) is 7.15. The molecule has 10 fully saturated rings. The molecule has 3 nitrogen and oxygen atoms in total. The van der Waals surface area contributed by atoms with E-state index in [2.05, 4.69) is 0 Å². The van der Waals surface area contributed by atoms with Crippen LogP contribution in [-0.4, -0.2) is 31.7 Å². The minimum Gasteiger partial charge on any atom is -0.374 e. The van der Waals surface area contributed by atoms with Crippen LogP contribution in [0.5, 0.6) is 0 Å². The molecule has 16 atom stereocenters. The third-order valence-corrected chi connectivity index (χ3v) is 11.5. The predicted molar refractivity (Wildman–Crippen MR) is 83.6 cm³/mol. The zero-order chi connectivity index (χ0) is 15.1. The number of ether oxygens (including phenoxy) is 3. The van der Waals surface area contributed by atoms with Crippen LogP contribution in [0.4, 0.5) is 0 Å². The predicted octanol–water partition coefficient (Wildman–Crippen LogP) is 2.55. The zero-order valence-electron chi connectivity index (χ0n) is 14.2. The summed E-state index contributed by atoms with van der Waals surface area (Å²) < 4.78 is 20.0. The summed E-state index contributed by atoms with van der Waals surface area (Å²) in [7, 11) is 1.92. The van der Waals surface area contributed by atoms with Gasteiger partial charge < -0.3 is 14.2 Å². The van der Waals surface area contributed by atoms with Gasteiger partial charge in [0.05, 0.1) is 23.7 Å². The fourth-order valence-corrected chi connectivity index (χ4v) is 12.2. The summed E-state index contributed by atoms with van der Waals surface area (Å²) in [5.74, 6) is 10.5.